The van der Waals surface area contributed by atoms with Gasteiger partial charge in [0.15, 0.2) is 0 Å². The zero-order chi connectivity index (χ0) is 16.2. The molecule has 1 aliphatic rings. The highest BCUT2D eigenvalue weighted by Crippen LogP contribution is 2.37. The second kappa shape index (κ2) is 8.15. The number of ether oxygens (including phenoxy) is 1. The van der Waals surface area contributed by atoms with E-state index in [0.29, 0.717) is 12.2 Å². The largest absolute Gasteiger partial charge is 0.468 e. The molecule has 0 fully saturated rings. The van der Waals surface area contributed by atoms with Crippen molar-refractivity contribution in [1.82, 2.24) is 14.8 Å². The summed E-state index contributed by atoms with van der Waals surface area (Å²) in [6.07, 6.45) is 11.1. The standard InChI is InChI=1S/C16H23N3O3.ClH/c1-4-5-7-10-16(19-12(2)17-18-15(19)21)11-8-6-9-13(16)14(20)22-3;/h6,8-9,11,13H,4-5,7,10H2,1-3H3,(H,18,21);1H. The molecule has 0 bridgehead atoms. The number of rotatable bonds is 6. The van der Waals surface area contributed by atoms with Gasteiger partial charge in [0.2, 0.25) is 0 Å². The minimum atomic E-state index is -0.759. The van der Waals surface area contributed by atoms with Crippen molar-refractivity contribution >= 4 is 18.4 Å². The third kappa shape index (κ3) is 3.58. The van der Waals surface area contributed by atoms with Crippen LogP contribution < -0.4 is 5.69 Å². The van der Waals surface area contributed by atoms with E-state index in [1.54, 1.807) is 17.6 Å². The van der Waals surface area contributed by atoms with Crippen LogP contribution in [0.25, 0.3) is 0 Å². The molecule has 0 aliphatic heterocycles. The van der Waals surface area contributed by atoms with E-state index in [-0.39, 0.29) is 24.1 Å². The van der Waals surface area contributed by atoms with Gasteiger partial charge >= 0.3 is 11.7 Å². The Balaban J connectivity index is 0.00000264. The van der Waals surface area contributed by atoms with Gasteiger partial charge in [0.05, 0.1) is 12.6 Å². The molecular formula is C16H24ClN3O3. The van der Waals surface area contributed by atoms with Crippen molar-refractivity contribution < 1.29 is 9.53 Å². The van der Waals surface area contributed by atoms with Crippen molar-refractivity contribution in [2.45, 2.75) is 45.1 Å². The van der Waals surface area contributed by atoms with Gasteiger partial charge in [0.1, 0.15) is 11.7 Å². The van der Waals surface area contributed by atoms with E-state index in [4.69, 9.17) is 4.74 Å². The quantitative estimate of drug-likeness (QED) is 0.637. The van der Waals surface area contributed by atoms with E-state index in [0.717, 1.165) is 19.3 Å². The number of aromatic nitrogens is 3. The first-order valence-corrected chi connectivity index (χ1v) is 7.65. The molecule has 1 aliphatic carbocycles. The van der Waals surface area contributed by atoms with Crippen LogP contribution in [0.4, 0.5) is 0 Å². The molecule has 6 nitrogen and oxygen atoms in total. The molecular weight excluding hydrogens is 318 g/mol. The SMILES string of the molecule is CCCCCC1(n2c(C)n[nH]c2=O)C=CC=CC1C(=O)OC.Cl. The first-order valence-electron chi connectivity index (χ1n) is 7.65. The highest BCUT2D eigenvalue weighted by Gasteiger charge is 2.44. The predicted octanol–water partition coefficient (Wildman–Crippen LogP) is 2.49. The van der Waals surface area contributed by atoms with Crippen LogP contribution in [0.2, 0.25) is 0 Å². The number of methoxy groups -OCH3 is 1. The molecule has 1 N–H and O–H groups in total. The summed E-state index contributed by atoms with van der Waals surface area (Å²) < 4.78 is 6.55. The minimum absolute atomic E-state index is 0. The van der Waals surface area contributed by atoms with Crippen molar-refractivity contribution in [3.8, 4) is 0 Å². The first-order chi connectivity index (χ1) is 10.6. The van der Waals surface area contributed by atoms with E-state index in [1.807, 2.05) is 18.2 Å². The van der Waals surface area contributed by atoms with Crippen molar-refractivity contribution in [1.29, 1.82) is 0 Å². The summed E-state index contributed by atoms with van der Waals surface area (Å²) in [6.45, 7) is 3.89. The lowest BCUT2D eigenvalue weighted by Gasteiger charge is -2.38. The molecule has 1 aromatic heterocycles. The molecule has 23 heavy (non-hydrogen) atoms. The van der Waals surface area contributed by atoms with Gasteiger partial charge in [-0.05, 0) is 13.3 Å². The molecule has 0 spiro atoms. The summed E-state index contributed by atoms with van der Waals surface area (Å²) in [7, 11) is 1.37. The van der Waals surface area contributed by atoms with Gasteiger partial charge in [-0.3, -0.25) is 9.36 Å². The predicted molar refractivity (Wildman–Crippen MR) is 90.7 cm³/mol. The Morgan fingerprint density at radius 3 is 2.74 bits per heavy atom. The number of unbranched alkanes of at least 4 members (excludes halogenated alkanes) is 2. The van der Waals surface area contributed by atoms with Gasteiger partial charge in [0, 0.05) is 0 Å². The number of halogens is 1. The zero-order valence-electron chi connectivity index (χ0n) is 13.7. The highest BCUT2D eigenvalue weighted by molar-refractivity contribution is 5.85. The van der Waals surface area contributed by atoms with E-state index in [2.05, 4.69) is 17.1 Å². The molecule has 2 atom stereocenters. The fraction of sp³-hybridized carbons (Fsp3) is 0.562. The van der Waals surface area contributed by atoms with Gasteiger partial charge in [0.25, 0.3) is 0 Å². The molecule has 0 saturated carbocycles. The van der Waals surface area contributed by atoms with Crippen LogP contribution >= 0.6 is 12.4 Å². The van der Waals surface area contributed by atoms with Crippen LogP contribution in [-0.2, 0) is 15.1 Å². The molecule has 2 unspecified atom stereocenters. The maximum absolute atomic E-state index is 12.3. The number of nitrogens with zero attached hydrogens (tertiary/aromatic N) is 2. The molecule has 0 saturated heterocycles. The van der Waals surface area contributed by atoms with Gasteiger partial charge in [-0.1, -0.05) is 50.5 Å². The number of carbonyl (C=O) groups excluding carboxylic acids is 1. The van der Waals surface area contributed by atoms with E-state index >= 15 is 0 Å². The molecule has 0 radical (unpaired) electrons. The van der Waals surface area contributed by atoms with E-state index in [1.165, 1.54) is 7.11 Å². The Labute approximate surface area is 142 Å². The van der Waals surface area contributed by atoms with Crippen LogP contribution in [0, 0.1) is 12.8 Å². The lowest BCUT2D eigenvalue weighted by molar-refractivity contribution is -0.146. The third-order valence-corrected chi connectivity index (χ3v) is 4.23. The number of aryl methyl sites for hydroxylation is 1. The molecule has 1 heterocycles. The normalized spacial score (nSPS) is 22.7. The number of allylic oxidation sites excluding steroid dienone is 3. The number of nitrogens with one attached hydrogen (secondary N) is 1. The average Bonchev–Trinajstić information content (AvgIpc) is 2.86. The third-order valence-electron chi connectivity index (χ3n) is 4.23. The summed E-state index contributed by atoms with van der Waals surface area (Å²) in [5, 5.41) is 6.47. The molecule has 128 valence electrons. The summed E-state index contributed by atoms with van der Waals surface area (Å²) >= 11 is 0. The zero-order valence-corrected chi connectivity index (χ0v) is 14.6. The maximum Gasteiger partial charge on any atom is 0.344 e. The van der Waals surface area contributed by atoms with Crippen LogP contribution in [0.5, 0.6) is 0 Å². The Hall–Kier alpha value is -1.82. The fourth-order valence-electron chi connectivity index (χ4n) is 3.17. The number of esters is 1. The van der Waals surface area contributed by atoms with Crippen molar-refractivity contribution in [3.05, 3.63) is 40.6 Å². The monoisotopic (exact) mass is 341 g/mol. The average molecular weight is 342 g/mol. The van der Waals surface area contributed by atoms with Crippen molar-refractivity contribution in [3.63, 3.8) is 0 Å². The smallest absolute Gasteiger partial charge is 0.344 e. The first kappa shape index (κ1) is 19.2. The number of H-pyrrole nitrogens is 1. The summed E-state index contributed by atoms with van der Waals surface area (Å²) in [6, 6.07) is 0. The molecule has 2 rings (SSSR count). The maximum atomic E-state index is 12.3. The Kier molecular flexibility index (Phi) is 6.81. The number of carbonyl (C=O) groups is 1. The van der Waals surface area contributed by atoms with Crippen LogP contribution in [0.15, 0.2) is 29.1 Å². The van der Waals surface area contributed by atoms with Crippen LogP contribution in [0.1, 0.15) is 38.4 Å². The van der Waals surface area contributed by atoms with Gasteiger partial charge < -0.3 is 4.74 Å². The molecule has 0 amide bonds. The Morgan fingerprint density at radius 2 is 2.17 bits per heavy atom. The summed E-state index contributed by atoms with van der Waals surface area (Å²) in [4.78, 5) is 24.5. The number of hydrogen-bond donors (Lipinski definition) is 1. The molecule has 0 aromatic carbocycles. The fourth-order valence-corrected chi connectivity index (χ4v) is 3.17. The molecule has 7 heteroatoms. The topological polar surface area (TPSA) is 77.0 Å². The summed E-state index contributed by atoms with van der Waals surface area (Å²) in [5.74, 6) is -0.312. The van der Waals surface area contributed by atoms with E-state index in [9.17, 15) is 9.59 Å². The minimum Gasteiger partial charge on any atom is -0.468 e. The lowest BCUT2D eigenvalue weighted by Crippen LogP contribution is -2.48. The number of hydrogen-bond acceptors (Lipinski definition) is 4. The molecule has 1 aromatic rings. The highest BCUT2D eigenvalue weighted by atomic mass is 35.5. The second-order valence-corrected chi connectivity index (χ2v) is 5.60. The van der Waals surface area contributed by atoms with Gasteiger partial charge in [-0.15, -0.1) is 12.4 Å². The lowest BCUT2D eigenvalue weighted by atomic mass is 9.76. The van der Waals surface area contributed by atoms with Crippen LogP contribution in [-0.4, -0.2) is 27.8 Å². The van der Waals surface area contributed by atoms with E-state index < -0.39 is 11.5 Å². The van der Waals surface area contributed by atoms with Gasteiger partial charge in [-0.25, -0.2) is 9.89 Å². The van der Waals surface area contributed by atoms with Crippen molar-refractivity contribution in [2.24, 2.45) is 5.92 Å². The Morgan fingerprint density at radius 1 is 1.43 bits per heavy atom. The van der Waals surface area contributed by atoms with Gasteiger partial charge in [-0.2, -0.15) is 5.10 Å². The van der Waals surface area contributed by atoms with Crippen molar-refractivity contribution in [2.75, 3.05) is 7.11 Å². The Bertz CT molecular complexity index is 647. The van der Waals surface area contributed by atoms with Crippen LogP contribution in [0.3, 0.4) is 0 Å². The second-order valence-electron chi connectivity index (χ2n) is 5.60. The number of aromatic amines is 1. The summed E-state index contributed by atoms with van der Waals surface area (Å²) in [5.41, 5.74) is -1.06.